The minimum absolute atomic E-state index is 0.328. The molecule has 30 heavy (non-hydrogen) atoms. The predicted octanol–water partition coefficient (Wildman–Crippen LogP) is 2.74. The van der Waals surface area contributed by atoms with Crippen molar-refractivity contribution >= 4 is 22.8 Å². The Morgan fingerprint density at radius 1 is 1.03 bits per heavy atom. The number of amides is 1. The number of hydrogen-bond donors (Lipinski definition) is 1. The van der Waals surface area contributed by atoms with E-state index in [4.69, 9.17) is 0 Å². The fraction of sp³-hybridized carbons (Fsp3) is 0.429. The highest BCUT2D eigenvalue weighted by Crippen LogP contribution is 2.10. The number of halogens is 1. The summed E-state index contributed by atoms with van der Waals surface area (Å²) in [4.78, 5) is 42.9. The van der Waals surface area contributed by atoms with E-state index >= 15 is 0 Å². The minimum Gasteiger partial charge on any atom is -0.325 e. The number of aromatic nitrogens is 4. The Hall–Kier alpha value is -3.23. The highest BCUT2D eigenvalue weighted by atomic mass is 19.1. The van der Waals surface area contributed by atoms with E-state index in [0.717, 1.165) is 30.3 Å². The number of hydrogen-bond acceptors (Lipinski definition) is 4. The number of anilines is 1. The van der Waals surface area contributed by atoms with E-state index < -0.39 is 29.5 Å². The van der Waals surface area contributed by atoms with Crippen LogP contribution in [0.5, 0.6) is 0 Å². The van der Waals surface area contributed by atoms with Gasteiger partial charge in [0.15, 0.2) is 11.2 Å². The van der Waals surface area contributed by atoms with Crippen molar-refractivity contribution < 1.29 is 9.18 Å². The Morgan fingerprint density at radius 3 is 2.37 bits per heavy atom. The molecule has 1 N–H and O–H groups in total. The average molecular weight is 415 g/mol. The van der Waals surface area contributed by atoms with E-state index in [1.165, 1.54) is 28.8 Å². The lowest BCUT2D eigenvalue weighted by molar-refractivity contribution is -0.116. The van der Waals surface area contributed by atoms with Crippen molar-refractivity contribution in [2.75, 3.05) is 5.32 Å². The predicted molar refractivity (Wildman–Crippen MR) is 113 cm³/mol. The van der Waals surface area contributed by atoms with Crippen LogP contribution in [0.1, 0.15) is 39.5 Å². The maximum atomic E-state index is 13.1. The number of nitrogens with zero attached hydrogens (tertiary/aromatic N) is 4. The zero-order chi connectivity index (χ0) is 21.7. The molecule has 0 aliphatic heterocycles. The van der Waals surface area contributed by atoms with E-state index in [0.29, 0.717) is 29.9 Å². The molecule has 0 fully saturated rings. The number of rotatable bonds is 9. The maximum absolute atomic E-state index is 13.1. The van der Waals surface area contributed by atoms with Crippen molar-refractivity contribution in [1.82, 2.24) is 18.7 Å². The molecule has 0 atom stereocenters. The van der Waals surface area contributed by atoms with Gasteiger partial charge in [-0.25, -0.2) is 18.7 Å². The summed E-state index contributed by atoms with van der Waals surface area (Å²) in [5.41, 5.74) is -0.0325. The number of carbonyl (C=O) groups excluding carboxylic acids is 1. The van der Waals surface area contributed by atoms with Crippen molar-refractivity contribution in [2.45, 2.75) is 59.2 Å². The van der Waals surface area contributed by atoms with Crippen molar-refractivity contribution in [3.05, 3.63) is 57.2 Å². The van der Waals surface area contributed by atoms with Gasteiger partial charge < -0.3 is 9.88 Å². The van der Waals surface area contributed by atoms with Gasteiger partial charge in [-0.2, -0.15) is 0 Å². The molecule has 2 heterocycles. The largest absolute Gasteiger partial charge is 0.333 e. The summed E-state index contributed by atoms with van der Waals surface area (Å²) in [5.74, 6) is -0.962. The number of imidazole rings is 1. The smallest absolute Gasteiger partial charge is 0.325 e. The summed E-state index contributed by atoms with van der Waals surface area (Å²) in [6.07, 6.45) is 5.01. The Labute approximate surface area is 173 Å². The van der Waals surface area contributed by atoms with Crippen LogP contribution in [-0.2, 0) is 24.4 Å². The SMILES string of the molecule is CCCCn1cnc2c1c(=O)n(CC(=O)Nc1ccc(F)cc1)c(=O)n2CCCC. The van der Waals surface area contributed by atoms with Gasteiger partial charge in [0, 0.05) is 18.8 Å². The van der Waals surface area contributed by atoms with E-state index in [-0.39, 0.29) is 0 Å². The molecule has 0 unspecified atom stereocenters. The van der Waals surface area contributed by atoms with Gasteiger partial charge >= 0.3 is 5.69 Å². The van der Waals surface area contributed by atoms with Crippen LogP contribution in [-0.4, -0.2) is 24.6 Å². The molecule has 8 nitrogen and oxygen atoms in total. The van der Waals surface area contributed by atoms with Gasteiger partial charge in [-0.15, -0.1) is 0 Å². The lowest BCUT2D eigenvalue weighted by Gasteiger charge is -2.12. The molecule has 0 bridgehead atoms. The van der Waals surface area contributed by atoms with Gasteiger partial charge in [0.05, 0.1) is 6.33 Å². The first-order valence-electron chi connectivity index (χ1n) is 10.2. The Kier molecular flexibility index (Phi) is 6.81. The number of carbonyl (C=O) groups is 1. The lowest BCUT2D eigenvalue weighted by atomic mass is 10.3. The highest BCUT2D eigenvalue weighted by molar-refractivity contribution is 5.90. The molecular formula is C21H26FN5O3. The molecule has 3 aromatic rings. The zero-order valence-electron chi connectivity index (χ0n) is 17.2. The zero-order valence-corrected chi connectivity index (χ0v) is 17.2. The van der Waals surface area contributed by atoms with Gasteiger partial charge in [0.1, 0.15) is 12.4 Å². The molecule has 1 aromatic carbocycles. The van der Waals surface area contributed by atoms with Crippen LogP contribution in [0.15, 0.2) is 40.2 Å². The second kappa shape index (κ2) is 9.51. The summed E-state index contributed by atoms with van der Waals surface area (Å²) in [6.45, 7) is 4.64. The number of nitrogens with one attached hydrogen (secondary N) is 1. The van der Waals surface area contributed by atoms with Gasteiger partial charge in [-0.05, 0) is 37.1 Å². The van der Waals surface area contributed by atoms with E-state index in [2.05, 4.69) is 10.3 Å². The molecule has 0 saturated carbocycles. The van der Waals surface area contributed by atoms with Crippen LogP contribution in [0.2, 0.25) is 0 Å². The second-order valence-corrected chi connectivity index (χ2v) is 7.20. The number of benzene rings is 1. The van der Waals surface area contributed by atoms with Crippen LogP contribution in [0.3, 0.4) is 0 Å². The highest BCUT2D eigenvalue weighted by Gasteiger charge is 2.19. The summed E-state index contributed by atoms with van der Waals surface area (Å²) in [6, 6.07) is 5.27. The van der Waals surface area contributed by atoms with Crippen molar-refractivity contribution in [3.8, 4) is 0 Å². The maximum Gasteiger partial charge on any atom is 0.333 e. The van der Waals surface area contributed by atoms with Crippen molar-refractivity contribution in [2.24, 2.45) is 0 Å². The van der Waals surface area contributed by atoms with Crippen LogP contribution in [0.4, 0.5) is 10.1 Å². The van der Waals surface area contributed by atoms with Gasteiger partial charge in [0.25, 0.3) is 5.56 Å². The molecule has 2 aromatic heterocycles. The number of aryl methyl sites for hydroxylation is 2. The summed E-state index contributed by atoms with van der Waals surface area (Å²) in [7, 11) is 0. The number of fused-ring (bicyclic) bond motifs is 1. The molecule has 0 aliphatic carbocycles. The fourth-order valence-electron chi connectivity index (χ4n) is 3.27. The summed E-state index contributed by atoms with van der Waals surface area (Å²) < 4.78 is 17.2. The van der Waals surface area contributed by atoms with Crippen LogP contribution in [0.25, 0.3) is 11.2 Å². The first kappa shape index (κ1) is 21.5. The summed E-state index contributed by atoms with van der Waals surface area (Å²) >= 11 is 0. The normalized spacial score (nSPS) is 11.2. The van der Waals surface area contributed by atoms with Crippen molar-refractivity contribution in [1.29, 1.82) is 0 Å². The minimum atomic E-state index is -0.559. The molecular weight excluding hydrogens is 389 g/mol. The second-order valence-electron chi connectivity index (χ2n) is 7.20. The molecule has 160 valence electrons. The van der Waals surface area contributed by atoms with E-state index in [9.17, 15) is 18.8 Å². The molecule has 9 heteroatoms. The third kappa shape index (κ3) is 4.50. The van der Waals surface area contributed by atoms with E-state index in [1.54, 1.807) is 10.9 Å². The molecule has 0 spiro atoms. The Morgan fingerprint density at radius 2 is 1.70 bits per heavy atom. The third-order valence-electron chi connectivity index (χ3n) is 4.90. The molecule has 1 amide bonds. The first-order chi connectivity index (χ1) is 14.5. The van der Waals surface area contributed by atoms with Crippen LogP contribution < -0.4 is 16.6 Å². The topological polar surface area (TPSA) is 90.9 Å². The molecule has 0 radical (unpaired) electrons. The van der Waals surface area contributed by atoms with Gasteiger partial charge in [-0.3, -0.25) is 14.2 Å². The Balaban J connectivity index is 2.01. The van der Waals surface area contributed by atoms with Gasteiger partial charge in [0.2, 0.25) is 5.91 Å². The molecule has 0 saturated heterocycles. The van der Waals surface area contributed by atoms with E-state index in [1.807, 2.05) is 13.8 Å². The molecule has 0 aliphatic rings. The monoisotopic (exact) mass is 415 g/mol. The van der Waals surface area contributed by atoms with Crippen LogP contribution in [0, 0.1) is 5.82 Å². The standard InChI is InChI=1S/C21H26FN5O3/c1-3-5-11-25-14-23-19-18(25)20(29)27(21(30)26(19)12-6-4-2)13-17(28)24-16-9-7-15(22)8-10-16/h7-10,14H,3-6,11-13H2,1-2H3,(H,24,28). The van der Waals surface area contributed by atoms with Crippen LogP contribution >= 0.6 is 0 Å². The lowest BCUT2D eigenvalue weighted by Crippen LogP contribution is -2.43. The first-order valence-corrected chi connectivity index (χ1v) is 10.2. The van der Waals surface area contributed by atoms with Crippen molar-refractivity contribution in [3.63, 3.8) is 0 Å². The number of unbranched alkanes of at least 4 members (excludes halogenated alkanes) is 2. The summed E-state index contributed by atoms with van der Waals surface area (Å²) in [5, 5.41) is 2.59. The third-order valence-corrected chi connectivity index (χ3v) is 4.90. The fourth-order valence-corrected chi connectivity index (χ4v) is 3.27. The average Bonchev–Trinajstić information content (AvgIpc) is 3.15. The molecule has 3 rings (SSSR count). The van der Waals surface area contributed by atoms with Gasteiger partial charge in [-0.1, -0.05) is 26.7 Å². The quantitative estimate of drug-likeness (QED) is 0.582. The Bertz CT molecular complexity index is 1140.